The second-order valence-corrected chi connectivity index (χ2v) is 23.7. The first-order chi connectivity index (χ1) is 20.5. The molecule has 0 amide bonds. The SMILES string of the molecule is CCC[CH2][Sn]([C]#CCOc1cnc(C(=O)Cc2ccc(F)c([C@@]3(C)N=C(N)OCC3(F)F)c2)cn1)([CH2]CCC)[CH2]CCC. The van der Waals surface area contributed by atoms with Crippen molar-refractivity contribution in [1.29, 1.82) is 0 Å². The fourth-order valence-corrected chi connectivity index (χ4v) is 18.5. The minimum absolute atomic E-state index is 0.0723. The molecule has 43 heavy (non-hydrogen) atoms. The predicted octanol–water partition coefficient (Wildman–Crippen LogP) is 7.01. The third-order valence-corrected chi connectivity index (χ3v) is 21.2. The molecule has 0 saturated carbocycles. The normalized spacial score (nSPS) is 17.8. The van der Waals surface area contributed by atoms with Gasteiger partial charge < -0.3 is 10.5 Å². The van der Waals surface area contributed by atoms with E-state index < -0.39 is 54.1 Å². The molecule has 2 N–H and O–H groups in total. The third-order valence-electron chi connectivity index (χ3n) is 7.95. The van der Waals surface area contributed by atoms with Crippen LogP contribution in [0.4, 0.5) is 13.2 Å². The van der Waals surface area contributed by atoms with Crippen molar-refractivity contribution in [2.75, 3.05) is 13.2 Å². The molecule has 2 heterocycles. The molecule has 234 valence electrons. The number of hydrogen-bond donors (Lipinski definition) is 1. The molecule has 0 bridgehead atoms. The van der Waals surface area contributed by atoms with E-state index in [1.165, 1.54) is 76.4 Å². The van der Waals surface area contributed by atoms with Crippen molar-refractivity contribution in [2.24, 2.45) is 10.7 Å². The first kappa shape index (κ1) is 34.7. The third kappa shape index (κ3) is 9.10. The second-order valence-electron chi connectivity index (χ2n) is 11.4. The molecule has 0 spiro atoms. The van der Waals surface area contributed by atoms with E-state index >= 15 is 0 Å². The Balaban J connectivity index is 1.68. The summed E-state index contributed by atoms with van der Waals surface area (Å²) in [5.41, 5.74) is 3.25. The summed E-state index contributed by atoms with van der Waals surface area (Å²) >= 11 is -2.57. The number of ether oxygens (including phenoxy) is 2. The number of nitrogens with zero attached hydrogens (tertiary/aromatic N) is 3. The number of alkyl halides is 2. The molecule has 1 aromatic carbocycles. The van der Waals surface area contributed by atoms with E-state index in [1.54, 1.807) is 0 Å². The summed E-state index contributed by atoms with van der Waals surface area (Å²) in [6.45, 7) is 6.97. The molecular formula is C32H43F3N4O3Sn. The van der Waals surface area contributed by atoms with Gasteiger partial charge in [-0.2, -0.15) is 8.78 Å². The van der Waals surface area contributed by atoms with Gasteiger partial charge in [0.05, 0.1) is 0 Å². The van der Waals surface area contributed by atoms with Crippen LogP contribution < -0.4 is 10.5 Å². The minimum atomic E-state index is -3.52. The number of aromatic nitrogens is 2. The molecule has 0 fully saturated rings. The maximum absolute atomic E-state index is 14.7. The van der Waals surface area contributed by atoms with Gasteiger partial charge in [-0.15, -0.1) is 0 Å². The van der Waals surface area contributed by atoms with E-state index in [-0.39, 0.29) is 30.2 Å². The summed E-state index contributed by atoms with van der Waals surface area (Å²) in [6, 6.07) is 3.15. The van der Waals surface area contributed by atoms with Crippen LogP contribution in [0.25, 0.3) is 0 Å². The summed E-state index contributed by atoms with van der Waals surface area (Å²) in [5, 5.41) is 0. The topological polar surface area (TPSA) is 99.7 Å². The van der Waals surface area contributed by atoms with E-state index in [0.717, 1.165) is 13.0 Å². The summed E-state index contributed by atoms with van der Waals surface area (Å²) < 4.78 is 62.2. The van der Waals surface area contributed by atoms with Crippen molar-refractivity contribution in [2.45, 2.75) is 97.4 Å². The van der Waals surface area contributed by atoms with Gasteiger partial charge in [0.2, 0.25) is 0 Å². The monoisotopic (exact) mass is 708 g/mol. The number of amidine groups is 1. The Kier molecular flexibility index (Phi) is 12.7. The van der Waals surface area contributed by atoms with Crippen LogP contribution in [0.3, 0.4) is 0 Å². The Morgan fingerprint density at radius 1 is 1.07 bits per heavy atom. The standard InChI is InChI=1S/C20H16F3N4O3.3C4H9.Sn/c1-3-6-29-17-10-25-15(9-26-17)16(28)8-12-4-5-14(21)13(7-12)19(2)20(22,23)11-30-18(24)27-19;3*1-3-4-2;/h4-5,7,9-10H,6,8,11H2,2H3,(H2,24,27);3*1,3-4H2,2H3;/t19-;;;;/m1..../s1. The molecule has 7 nitrogen and oxygen atoms in total. The van der Waals surface area contributed by atoms with Gasteiger partial charge in [0, 0.05) is 5.56 Å². The molecule has 1 aliphatic heterocycles. The Hall–Kier alpha value is -2.81. The van der Waals surface area contributed by atoms with Crippen molar-refractivity contribution in [3.8, 4) is 15.7 Å². The van der Waals surface area contributed by atoms with Gasteiger partial charge in [0.1, 0.15) is 5.82 Å². The van der Waals surface area contributed by atoms with Crippen LogP contribution in [0, 0.1) is 15.7 Å². The van der Waals surface area contributed by atoms with Crippen LogP contribution in [0.5, 0.6) is 5.88 Å². The van der Waals surface area contributed by atoms with Crippen LogP contribution in [0.1, 0.15) is 87.8 Å². The molecule has 0 saturated heterocycles. The molecule has 1 aromatic heterocycles. The Labute approximate surface area is 257 Å². The number of benzene rings is 1. The van der Waals surface area contributed by atoms with E-state index in [1.807, 2.05) is 0 Å². The number of Topliss-reactive ketones (excluding diaryl/α,β-unsaturated/α-hetero) is 1. The summed E-state index contributed by atoms with van der Waals surface area (Å²) in [5.74, 6) is -1.26. The number of carbonyl (C=O) groups is 1. The number of aliphatic imine (C=N–C) groups is 1. The first-order valence-corrected chi connectivity index (χ1v) is 22.6. The van der Waals surface area contributed by atoms with Crippen LogP contribution in [0.15, 0.2) is 35.6 Å². The average Bonchev–Trinajstić information content (AvgIpc) is 2.99. The van der Waals surface area contributed by atoms with Crippen LogP contribution in [0.2, 0.25) is 13.3 Å². The zero-order valence-corrected chi connectivity index (χ0v) is 28.5. The first-order valence-electron chi connectivity index (χ1n) is 15.1. The molecule has 1 atom stereocenters. The van der Waals surface area contributed by atoms with Crippen LogP contribution in [-0.2, 0) is 16.7 Å². The quantitative estimate of drug-likeness (QED) is 0.122. The van der Waals surface area contributed by atoms with Gasteiger partial charge in [-0.05, 0) is 13.0 Å². The summed E-state index contributed by atoms with van der Waals surface area (Å²) in [7, 11) is 0. The number of rotatable bonds is 15. The average molecular weight is 707 g/mol. The van der Waals surface area contributed by atoms with Crippen molar-refractivity contribution in [3.63, 3.8) is 0 Å². The number of carbonyl (C=O) groups excluding carboxylic acids is 1. The van der Waals surface area contributed by atoms with Gasteiger partial charge in [-0.1, -0.05) is 0 Å². The van der Waals surface area contributed by atoms with Crippen molar-refractivity contribution < 1.29 is 27.4 Å². The molecule has 2 aromatic rings. The number of halogens is 3. The van der Waals surface area contributed by atoms with Crippen molar-refractivity contribution in [1.82, 2.24) is 9.97 Å². The van der Waals surface area contributed by atoms with Gasteiger partial charge in [0.15, 0.2) is 12.1 Å². The molecule has 11 heteroatoms. The van der Waals surface area contributed by atoms with E-state index in [0.29, 0.717) is 5.56 Å². The number of nitrogens with two attached hydrogens (primary N) is 1. The van der Waals surface area contributed by atoms with Gasteiger partial charge in [-0.3, -0.25) is 0 Å². The van der Waals surface area contributed by atoms with Gasteiger partial charge in [0.25, 0.3) is 6.02 Å². The fraction of sp³-hybridized carbons (Fsp3) is 0.562. The molecule has 0 unspecified atom stereocenters. The van der Waals surface area contributed by atoms with E-state index in [4.69, 9.17) is 10.5 Å². The van der Waals surface area contributed by atoms with Gasteiger partial charge >= 0.3 is 187 Å². The molecule has 3 rings (SSSR count). The van der Waals surface area contributed by atoms with Crippen LogP contribution >= 0.6 is 0 Å². The zero-order valence-electron chi connectivity index (χ0n) is 25.6. The predicted molar refractivity (Wildman–Crippen MR) is 165 cm³/mol. The Morgan fingerprint density at radius 2 is 1.72 bits per heavy atom. The van der Waals surface area contributed by atoms with Crippen molar-refractivity contribution >= 4 is 30.2 Å². The number of hydrogen-bond acceptors (Lipinski definition) is 7. The number of ketones is 1. The zero-order chi connectivity index (χ0) is 31.5. The molecule has 0 aliphatic carbocycles. The Bertz CT molecular complexity index is 1310. The fourth-order valence-electron chi connectivity index (χ4n) is 5.20. The second kappa shape index (κ2) is 15.8. The van der Waals surface area contributed by atoms with Gasteiger partial charge in [-0.25, -0.2) is 9.38 Å². The van der Waals surface area contributed by atoms with Crippen LogP contribution in [-0.4, -0.2) is 59.3 Å². The summed E-state index contributed by atoms with van der Waals surface area (Å²) in [6.07, 6.45) is 9.75. The maximum atomic E-state index is 14.7. The van der Waals surface area contributed by atoms with E-state index in [2.05, 4.69) is 50.3 Å². The number of unbranched alkanes of at least 4 members (excludes halogenated alkanes) is 3. The summed E-state index contributed by atoms with van der Waals surface area (Å²) in [4.78, 5) is 25.0. The Morgan fingerprint density at radius 3 is 2.30 bits per heavy atom. The van der Waals surface area contributed by atoms with E-state index in [9.17, 15) is 18.0 Å². The molecule has 0 radical (unpaired) electrons. The van der Waals surface area contributed by atoms with Crippen molar-refractivity contribution in [3.05, 3.63) is 53.2 Å². The molecular weight excluding hydrogens is 664 g/mol. The molecule has 1 aliphatic rings.